The van der Waals surface area contributed by atoms with Crippen molar-refractivity contribution in [2.75, 3.05) is 10.6 Å². The summed E-state index contributed by atoms with van der Waals surface area (Å²) >= 11 is 1.02. The van der Waals surface area contributed by atoms with Crippen molar-refractivity contribution in [1.82, 2.24) is 9.59 Å². The van der Waals surface area contributed by atoms with E-state index >= 15 is 0 Å². The fourth-order valence-electron chi connectivity index (χ4n) is 2.82. The first-order chi connectivity index (χ1) is 13.7. The number of hydrogen-bond donors (Lipinski definition) is 2. The fourth-order valence-corrected chi connectivity index (χ4v) is 3.47. The Morgan fingerprint density at radius 3 is 2.54 bits per heavy atom. The van der Waals surface area contributed by atoms with Crippen LogP contribution in [0.15, 0.2) is 59.0 Å². The van der Waals surface area contributed by atoms with Crippen LogP contribution in [0, 0.1) is 0 Å². The molecule has 2 heterocycles. The summed E-state index contributed by atoms with van der Waals surface area (Å²) in [5, 5.41) is 10.2. The van der Waals surface area contributed by atoms with Crippen LogP contribution in [0.5, 0.6) is 0 Å². The zero-order valence-electron chi connectivity index (χ0n) is 14.9. The van der Waals surface area contributed by atoms with Crippen molar-refractivity contribution in [1.29, 1.82) is 0 Å². The monoisotopic (exact) mass is 392 g/mol. The molecule has 0 unspecified atom stereocenters. The Kier molecular flexibility index (Phi) is 4.86. The molecule has 0 saturated heterocycles. The molecule has 0 aliphatic heterocycles. The third-order valence-corrected chi connectivity index (χ3v) is 4.94. The maximum absolute atomic E-state index is 12.8. The number of aromatic nitrogens is 2. The van der Waals surface area contributed by atoms with Crippen molar-refractivity contribution in [3.05, 3.63) is 70.9 Å². The molecule has 28 heavy (non-hydrogen) atoms. The van der Waals surface area contributed by atoms with Crippen molar-refractivity contribution in [3.63, 3.8) is 0 Å². The molecule has 0 spiro atoms. The second-order valence-corrected chi connectivity index (χ2v) is 6.73. The molecular formula is C20H16N4O3S. The molecule has 4 rings (SSSR count). The van der Waals surface area contributed by atoms with Crippen molar-refractivity contribution >= 4 is 45.7 Å². The summed E-state index contributed by atoms with van der Waals surface area (Å²) in [4.78, 5) is 26.0. The van der Waals surface area contributed by atoms with Gasteiger partial charge >= 0.3 is 0 Å². The highest BCUT2D eigenvalue weighted by molar-refractivity contribution is 7.08. The first kappa shape index (κ1) is 17.9. The molecule has 0 fully saturated rings. The van der Waals surface area contributed by atoms with Crippen LogP contribution in [0.2, 0.25) is 0 Å². The zero-order valence-corrected chi connectivity index (χ0v) is 15.7. The molecule has 0 bridgehead atoms. The van der Waals surface area contributed by atoms with Crippen molar-refractivity contribution in [2.24, 2.45) is 0 Å². The fraction of sp³-hybridized carbons (Fsp3) is 0.100. The lowest BCUT2D eigenvalue weighted by molar-refractivity contribution is 0.1000. The van der Waals surface area contributed by atoms with Crippen LogP contribution in [0.3, 0.4) is 0 Å². The topological polar surface area (TPSA) is 97.1 Å². The predicted molar refractivity (Wildman–Crippen MR) is 108 cm³/mol. The minimum absolute atomic E-state index is 0.0360. The van der Waals surface area contributed by atoms with E-state index < -0.39 is 5.91 Å². The summed E-state index contributed by atoms with van der Waals surface area (Å²) in [6.07, 6.45) is 0.590. The van der Waals surface area contributed by atoms with Crippen LogP contribution < -0.4 is 10.6 Å². The quantitative estimate of drug-likeness (QED) is 0.526. The number of para-hydroxylation sites is 2. The lowest BCUT2D eigenvalue weighted by atomic mass is 10.2. The van der Waals surface area contributed by atoms with Crippen molar-refractivity contribution < 1.29 is 14.0 Å². The van der Waals surface area contributed by atoms with Gasteiger partial charge in [-0.3, -0.25) is 9.59 Å². The second kappa shape index (κ2) is 7.61. The van der Waals surface area contributed by atoms with Gasteiger partial charge in [-0.1, -0.05) is 41.7 Å². The number of carbonyl (C=O) groups is 2. The van der Waals surface area contributed by atoms with Gasteiger partial charge in [0, 0.05) is 11.1 Å². The molecule has 7 nitrogen and oxygen atoms in total. The van der Waals surface area contributed by atoms with Gasteiger partial charge in [-0.2, -0.15) is 0 Å². The maximum Gasteiger partial charge on any atom is 0.293 e. The molecule has 0 radical (unpaired) electrons. The van der Waals surface area contributed by atoms with Gasteiger partial charge < -0.3 is 15.1 Å². The van der Waals surface area contributed by atoms with E-state index in [0.29, 0.717) is 39.3 Å². The summed E-state index contributed by atoms with van der Waals surface area (Å²) in [5.41, 5.74) is 2.08. The Hall–Kier alpha value is -3.52. The number of nitrogens with zero attached hydrogens (tertiary/aromatic N) is 2. The minimum atomic E-state index is -0.448. The number of aryl methyl sites for hydroxylation is 1. The lowest BCUT2D eigenvalue weighted by Gasteiger charge is -2.07. The summed E-state index contributed by atoms with van der Waals surface area (Å²) in [6, 6.07) is 16.2. The Balaban J connectivity index is 1.71. The average molecular weight is 392 g/mol. The largest absolute Gasteiger partial charge is 0.449 e. The Labute approximate surface area is 164 Å². The van der Waals surface area contributed by atoms with Crippen molar-refractivity contribution in [3.8, 4) is 0 Å². The molecule has 2 aromatic carbocycles. The van der Waals surface area contributed by atoms with Gasteiger partial charge in [0.2, 0.25) is 5.76 Å². The number of benzene rings is 2. The molecule has 2 aromatic heterocycles. The second-order valence-electron chi connectivity index (χ2n) is 5.98. The molecule has 140 valence electrons. The highest BCUT2D eigenvalue weighted by Gasteiger charge is 2.24. The van der Waals surface area contributed by atoms with Crippen LogP contribution in [0.25, 0.3) is 11.0 Å². The van der Waals surface area contributed by atoms with Crippen LogP contribution in [-0.4, -0.2) is 21.4 Å². The van der Waals surface area contributed by atoms with E-state index in [1.165, 1.54) is 0 Å². The summed E-state index contributed by atoms with van der Waals surface area (Å²) in [6.45, 7) is 1.90. The van der Waals surface area contributed by atoms with Crippen LogP contribution in [0.1, 0.15) is 32.8 Å². The summed E-state index contributed by atoms with van der Waals surface area (Å²) in [7, 11) is 0. The molecule has 0 saturated carbocycles. The molecule has 4 aromatic rings. The molecule has 2 N–H and O–H groups in total. The minimum Gasteiger partial charge on any atom is -0.449 e. The van der Waals surface area contributed by atoms with Gasteiger partial charge in [-0.15, -0.1) is 5.10 Å². The van der Waals surface area contributed by atoms with Gasteiger partial charge in [0.25, 0.3) is 11.8 Å². The lowest BCUT2D eigenvalue weighted by Crippen LogP contribution is -2.17. The number of rotatable bonds is 5. The van der Waals surface area contributed by atoms with E-state index in [9.17, 15) is 9.59 Å². The van der Waals surface area contributed by atoms with Gasteiger partial charge in [0.1, 0.15) is 16.1 Å². The predicted octanol–water partition coefficient (Wildman–Crippen LogP) is 4.35. The highest BCUT2D eigenvalue weighted by Crippen LogP contribution is 2.32. The summed E-state index contributed by atoms with van der Waals surface area (Å²) < 4.78 is 9.60. The SMILES string of the molecule is CCc1nnsc1C(=O)Nc1c(C(=O)Nc2ccccc2)oc2ccccc12. The van der Waals surface area contributed by atoms with E-state index in [-0.39, 0.29) is 11.7 Å². The zero-order chi connectivity index (χ0) is 19.5. The highest BCUT2D eigenvalue weighted by atomic mass is 32.1. The van der Waals surface area contributed by atoms with E-state index in [1.807, 2.05) is 31.2 Å². The standard InChI is InChI=1S/C20H16N4O3S/c1-2-14-18(28-24-23-14)20(26)22-16-13-10-6-7-11-15(13)27-17(16)19(25)21-12-8-4-3-5-9-12/h3-11H,2H2,1H3,(H,21,25)(H,22,26). The molecular weight excluding hydrogens is 376 g/mol. The molecule has 0 aliphatic carbocycles. The van der Waals surface area contributed by atoms with Gasteiger partial charge in [0.15, 0.2) is 0 Å². The first-order valence-corrected chi connectivity index (χ1v) is 9.45. The normalized spacial score (nSPS) is 10.8. The van der Waals surface area contributed by atoms with Gasteiger partial charge in [-0.25, -0.2) is 0 Å². The van der Waals surface area contributed by atoms with Gasteiger partial charge in [-0.05, 0) is 42.2 Å². The number of fused-ring (bicyclic) bond motifs is 1. The molecule has 0 aliphatic rings. The smallest absolute Gasteiger partial charge is 0.293 e. The maximum atomic E-state index is 12.8. The number of carbonyl (C=O) groups excluding carboxylic acids is 2. The van der Waals surface area contributed by atoms with Crippen molar-refractivity contribution in [2.45, 2.75) is 13.3 Å². The van der Waals surface area contributed by atoms with E-state index in [2.05, 4.69) is 20.2 Å². The number of nitrogens with one attached hydrogen (secondary N) is 2. The van der Waals surface area contributed by atoms with Gasteiger partial charge in [0.05, 0.1) is 5.69 Å². The Morgan fingerprint density at radius 2 is 1.75 bits per heavy atom. The average Bonchev–Trinajstić information content (AvgIpc) is 3.34. The summed E-state index contributed by atoms with van der Waals surface area (Å²) in [5.74, 6) is -0.781. The number of hydrogen-bond acceptors (Lipinski definition) is 6. The van der Waals surface area contributed by atoms with E-state index in [4.69, 9.17) is 4.42 Å². The number of furan rings is 1. The molecule has 0 atom stereocenters. The number of anilines is 2. The third kappa shape index (κ3) is 3.37. The van der Waals surface area contributed by atoms with Crippen LogP contribution >= 0.6 is 11.5 Å². The Morgan fingerprint density at radius 1 is 1.00 bits per heavy atom. The van der Waals surface area contributed by atoms with E-state index in [0.717, 1.165) is 11.5 Å². The Bertz CT molecular complexity index is 1150. The number of amides is 2. The van der Waals surface area contributed by atoms with Crippen LogP contribution in [-0.2, 0) is 6.42 Å². The third-order valence-electron chi connectivity index (χ3n) is 4.17. The van der Waals surface area contributed by atoms with Crippen LogP contribution in [0.4, 0.5) is 11.4 Å². The molecule has 8 heteroatoms. The van der Waals surface area contributed by atoms with E-state index in [1.54, 1.807) is 30.3 Å². The molecule has 2 amide bonds. The first-order valence-electron chi connectivity index (χ1n) is 8.68.